The summed E-state index contributed by atoms with van der Waals surface area (Å²) in [6.45, 7) is 8.88. The van der Waals surface area contributed by atoms with Crippen molar-refractivity contribution in [1.82, 2.24) is 20.9 Å². The van der Waals surface area contributed by atoms with Crippen molar-refractivity contribution in [2.75, 3.05) is 32.7 Å². The van der Waals surface area contributed by atoms with Gasteiger partial charge in [-0.2, -0.15) is 0 Å². The molecule has 2 unspecified atom stereocenters. The molecule has 0 radical (unpaired) electrons. The van der Waals surface area contributed by atoms with Gasteiger partial charge in [-0.15, -0.1) is 0 Å². The smallest absolute Gasteiger partial charge is 0.234 e. The number of nitrogens with zero attached hydrogens (tertiary/aromatic N) is 1. The largest absolute Gasteiger partial charge is 0.355 e. The molecule has 0 saturated carbocycles. The summed E-state index contributed by atoms with van der Waals surface area (Å²) in [6.07, 6.45) is 0. The van der Waals surface area contributed by atoms with E-state index < -0.39 is 0 Å². The molecule has 6 nitrogen and oxygen atoms in total. The van der Waals surface area contributed by atoms with Crippen molar-refractivity contribution < 1.29 is 9.59 Å². The number of rotatable bonds is 5. The number of nitrogens with one attached hydrogen (secondary N) is 3. The molecule has 18 heavy (non-hydrogen) atoms. The van der Waals surface area contributed by atoms with E-state index in [-0.39, 0.29) is 11.8 Å². The molecular formula is C12H24N4O2. The van der Waals surface area contributed by atoms with Gasteiger partial charge in [-0.3, -0.25) is 14.5 Å². The Labute approximate surface area is 108 Å². The average Bonchev–Trinajstić information content (AvgIpc) is 2.22. The Bertz CT molecular complexity index is 286. The van der Waals surface area contributed by atoms with Crippen LogP contribution in [0.15, 0.2) is 0 Å². The molecule has 0 aromatic rings. The van der Waals surface area contributed by atoms with Crippen LogP contribution in [-0.4, -0.2) is 61.5 Å². The molecule has 3 N–H and O–H groups in total. The Morgan fingerprint density at radius 3 is 2.28 bits per heavy atom. The van der Waals surface area contributed by atoms with Crippen LogP contribution in [0.3, 0.4) is 0 Å². The van der Waals surface area contributed by atoms with Crippen molar-refractivity contribution in [1.29, 1.82) is 0 Å². The fourth-order valence-electron chi connectivity index (χ4n) is 2.27. The number of carbonyl (C=O) groups excluding carboxylic acids is 2. The molecule has 0 aliphatic carbocycles. The lowest BCUT2D eigenvalue weighted by Gasteiger charge is -2.35. The first-order valence-corrected chi connectivity index (χ1v) is 6.47. The summed E-state index contributed by atoms with van der Waals surface area (Å²) in [5.41, 5.74) is 0. The molecule has 1 aliphatic rings. The molecule has 1 aliphatic heterocycles. The molecule has 6 heteroatoms. The maximum atomic E-state index is 11.7. The third-order valence-electron chi connectivity index (χ3n) is 2.82. The third-order valence-corrected chi connectivity index (χ3v) is 2.82. The second-order valence-corrected chi connectivity index (χ2v) is 5.00. The second-order valence-electron chi connectivity index (χ2n) is 5.00. The lowest BCUT2D eigenvalue weighted by molar-refractivity contribution is -0.123. The van der Waals surface area contributed by atoms with Gasteiger partial charge in [0.05, 0.1) is 6.54 Å². The minimum Gasteiger partial charge on any atom is -0.355 e. The highest BCUT2D eigenvalue weighted by atomic mass is 16.2. The van der Waals surface area contributed by atoms with Gasteiger partial charge in [0.25, 0.3) is 0 Å². The highest BCUT2D eigenvalue weighted by Gasteiger charge is 2.22. The molecule has 1 fully saturated rings. The predicted molar refractivity (Wildman–Crippen MR) is 70.2 cm³/mol. The van der Waals surface area contributed by atoms with E-state index >= 15 is 0 Å². The molecule has 0 aromatic heterocycles. The van der Waals surface area contributed by atoms with E-state index in [4.69, 9.17) is 0 Å². The van der Waals surface area contributed by atoms with Crippen molar-refractivity contribution in [3.8, 4) is 0 Å². The number of amides is 2. The van der Waals surface area contributed by atoms with Gasteiger partial charge in [-0.25, -0.2) is 0 Å². The minimum atomic E-state index is -0.0750. The standard InChI is InChI=1S/C12H24N4O2/c1-9-6-16(7-10(2)15-9)8-12(18)14-5-4-13-11(3)17/h9-10,15H,4-8H2,1-3H3,(H,13,17)(H,14,18). The second kappa shape index (κ2) is 7.33. The Hall–Kier alpha value is -1.14. The molecule has 1 heterocycles. The van der Waals surface area contributed by atoms with Crippen LogP contribution in [0.2, 0.25) is 0 Å². The predicted octanol–water partition coefficient (Wildman–Crippen LogP) is -1.08. The number of piperazine rings is 1. The summed E-state index contributed by atoms with van der Waals surface area (Å²) in [5, 5.41) is 8.87. The first-order valence-electron chi connectivity index (χ1n) is 6.47. The lowest BCUT2D eigenvalue weighted by Crippen LogP contribution is -2.56. The van der Waals surface area contributed by atoms with Crippen LogP contribution in [0.5, 0.6) is 0 Å². The van der Waals surface area contributed by atoms with Gasteiger partial charge in [0.15, 0.2) is 0 Å². The number of hydrogen-bond donors (Lipinski definition) is 3. The van der Waals surface area contributed by atoms with Gasteiger partial charge >= 0.3 is 0 Å². The summed E-state index contributed by atoms with van der Waals surface area (Å²) in [6, 6.07) is 0.835. The quantitative estimate of drug-likeness (QED) is 0.547. The zero-order valence-corrected chi connectivity index (χ0v) is 11.5. The number of hydrogen-bond acceptors (Lipinski definition) is 4. The molecule has 0 spiro atoms. The number of carbonyl (C=O) groups is 2. The van der Waals surface area contributed by atoms with Crippen LogP contribution in [0, 0.1) is 0 Å². The monoisotopic (exact) mass is 256 g/mol. The van der Waals surface area contributed by atoms with Crippen molar-refractivity contribution in [3.63, 3.8) is 0 Å². The third kappa shape index (κ3) is 5.97. The van der Waals surface area contributed by atoms with E-state index in [0.717, 1.165) is 13.1 Å². The van der Waals surface area contributed by atoms with Crippen molar-refractivity contribution >= 4 is 11.8 Å². The van der Waals surface area contributed by atoms with Gasteiger partial charge < -0.3 is 16.0 Å². The molecule has 0 bridgehead atoms. The molecule has 1 saturated heterocycles. The zero-order valence-electron chi connectivity index (χ0n) is 11.5. The summed E-state index contributed by atoms with van der Waals surface area (Å²) >= 11 is 0. The molecule has 2 amide bonds. The van der Waals surface area contributed by atoms with Crippen molar-refractivity contribution in [3.05, 3.63) is 0 Å². The Morgan fingerprint density at radius 1 is 1.17 bits per heavy atom. The van der Waals surface area contributed by atoms with Gasteiger partial charge in [0.1, 0.15) is 0 Å². The molecule has 0 aromatic carbocycles. The maximum Gasteiger partial charge on any atom is 0.234 e. The lowest BCUT2D eigenvalue weighted by atomic mass is 10.1. The van der Waals surface area contributed by atoms with E-state index in [1.807, 2.05) is 0 Å². The van der Waals surface area contributed by atoms with Crippen LogP contribution in [-0.2, 0) is 9.59 Å². The molecule has 1 rings (SSSR count). The average molecular weight is 256 g/mol. The van der Waals surface area contributed by atoms with Crippen LogP contribution < -0.4 is 16.0 Å². The Kier molecular flexibility index (Phi) is 6.07. The van der Waals surface area contributed by atoms with Gasteiger partial charge in [0.2, 0.25) is 11.8 Å². The van der Waals surface area contributed by atoms with Gasteiger partial charge in [0, 0.05) is 45.2 Å². The minimum absolute atomic E-state index is 0.0154. The van der Waals surface area contributed by atoms with Crippen molar-refractivity contribution in [2.24, 2.45) is 0 Å². The summed E-state index contributed by atoms with van der Waals surface area (Å²) in [4.78, 5) is 24.5. The highest BCUT2D eigenvalue weighted by molar-refractivity contribution is 5.78. The first-order chi connectivity index (χ1) is 8.47. The summed E-state index contributed by atoms with van der Waals surface area (Å²) in [5.74, 6) is -0.0596. The molecule has 2 atom stereocenters. The molecular weight excluding hydrogens is 232 g/mol. The molecule has 104 valence electrons. The van der Waals surface area contributed by atoms with E-state index in [2.05, 4.69) is 34.7 Å². The fourth-order valence-corrected chi connectivity index (χ4v) is 2.27. The fraction of sp³-hybridized carbons (Fsp3) is 0.833. The van der Waals surface area contributed by atoms with E-state index in [0.29, 0.717) is 31.7 Å². The zero-order chi connectivity index (χ0) is 13.5. The van der Waals surface area contributed by atoms with E-state index in [9.17, 15) is 9.59 Å². The summed E-state index contributed by atoms with van der Waals surface area (Å²) in [7, 11) is 0. The normalized spacial score (nSPS) is 24.6. The Morgan fingerprint density at radius 2 is 1.72 bits per heavy atom. The summed E-state index contributed by atoms with van der Waals surface area (Å²) < 4.78 is 0. The SMILES string of the molecule is CC(=O)NCCNC(=O)CN1CC(C)NC(C)C1. The van der Waals surface area contributed by atoms with Gasteiger partial charge in [-0.1, -0.05) is 0 Å². The van der Waals surface area contributed by atoms with E-state index in [1.54, 1.807) is 0 Å². The Balaban J connectivity index is 2.17. The first kappa shape index (κ1) is 14.9. The maximum absolute atomic E-state index is 11.7. The highest BCUT2D eigenvalue weighted by Crippen LogP contribution is 2.02. The van der Waals surface area contributed by atoms with Crippen LogP contribution in [0.1, 0.15) is 20.8 Å². The van der Waals surface area contributed by atoms with Crippen LogP contribution in [0.4, 0.5) is 0 Å². The van der Waals surface area contributed by atoms with Gasteiger partial charge in [-0.05, 0) is 13.8 Å². The van der Waals surface area contributed by atoms with E-state index in [1.165, 1.54) is 6.92 Å². The topological polar surface area (TPSA) is 73.5 Å². The van der Waals surface area contributed by atoms with Crippen LogP contribution >= 0.6 is 0 Å². The van der Waals surface area contributed by atoms with Crippen molar-refractivity contribution in [2.45, 2.75) is 32.9 Å². The van der Waals surface area contributed by atoms with Crippen LogP contribution in [0.25, 0.3) is 0 Å².